The molecular formula is C20H28N4O4S. The summed E-state index contributed by atoms with van der Waals surface area (Å²) in [6.45, 7) is 2.71. The molecule has 0 aliphatic carbocycles. The highest BCUT2D eigenvalue weighted by Gasteiger charge is 2.40. The van der Waals surface area contributed by atoms with Crippen LogP contribution in [-0.2, 0) is 14.3 Å². The van der Waals surface area contributed by atoms with Gasteiger partial charge in [0, 0.05) is 12.8 Å². The van der Waals surface area contributed by atoms with E-state index in [1.807, 2.05) is 43.3 Å². The molecule has 1 saturated heterocycles. The maximum absolute atomic E-state index is 12.8. The molecule has 0 bridgehead atoms. The molecule has 0 radical (unpaired) electrons. The topological polar surface area (TPSA) is 83.5 Å². The number of carbonyl (C=O) groups is 2. The van der Waals surface area contributed by atoms with Gasteiger partial charge >= 0.3 is 0 Å². The van der Waals surface area contributed by atoms with Crippen molar-refractivity contribution in [3.05, 3.63) is 29.8 Å². The van der Waals surface area contributed by atoms with E-state index in [-0.39, 0.29) is 23.6 Å². The molecule has 0 aromatic heterocycles. The summed E-state index contributed by atoms with van der Waals surface area (Å²) in [4.78, 5) is 33.2. The van der Waals surface area contributed by atoms with Gasteiger partial charge in [0.05, 0.1) is 32.8 Å². The van der Waals surface area contributed by atoms with Gasteiger partial charge < -0.3 is 19.7 Å². The van der Waals surface area contributed by atoms with E-state index in [0.29, 0.717) is 18.9 Å². The first-order valence-electron chi connectivity index (χ1n) is 9.26. The number of nitrogens with zero attached hydrogens (tertiary/aromatic N) is 3. The van der Waals surface area contributed by atoms with Crippen LogP contribution in [0.4, 0.5) is 0 Å². The first kappa shape index (κ1) is 22.9. The minimum Gasteiger partial charge on any atom is -0.497 e. The van der Waals surface area contributed by atoms with E-state index in [4.69, 9.17) is 21.7 Å². The van der Waals surface area contributed by atoms with E-state index in [2.05, 4.69) is 10.3 Å². The van der Waals surface area contributed by atoms with E-state index < -0.39 is 11.8 Å². The SMILES string of the molecule is COCCN1C(=O)C(C(C)=NC[C@H](c2ccc(OC)cc2)N(C)C)C(=O)NC1=S. The van der Waals surface area contributed by atoms with Gasteiger partial charge in [0.15, 0.2) is 11.0 Å². The van der Waals surface area contributed by atoms with Gasteiger partial charge in [0.1, 0.15) is 5.75 Å². The summed E-state index contributed by atoms with van der Waals surface area (Å²) in [7, 11) is 7.09. The fourth-order valence-corrected chi connectivity index (χ4v) is 3.37. The third-order valence-electron chi connectivity index (χ3n) is 4.82. The molecule has 1 aromatic rings. The number of nitrogens with one attached hydrogen (secondary N) is 1. The highest BCUT2D eigenvalue weighted by atomic mass is 32.1. The van der Waals surface area contributed by atoms with Crippen LogP contribution in [0.25, 0.3) is 0 Å². The lowest BCUT2D eigenvalue weighted by Crippen LogP contribution is -2.60. The summed E-state index contributed by atoms with van der Waals surface area (Å²) in [6.07, 6.45) is 0. The van der Waals surface area contributed by atoms with Crippen LogP contribution in [0.2, 0.25) is 0 Å². The molecule has 158 valence electrons. The maximum Gasteiger partial charge on any atom is 0.247 e. The normalized spacial score (nSPS) is 18.8. The van der Waals surface area contributed by atoms with E-state index in [1.165, 1.54) is 4.90 Å². The lowest BCUT2D eigenvalue weighted by atomic mass is 9.99. The molecule has 1 N–H and O–H groups in total. The van der Waals surface area contributed by atoms with Crippen molar-refractivity contribution in [2.45, 2.75) is 13.0 Å². The molecule has 0 spiro atoms. The zero-order valence-electron chi connectivity index (χ0n) is 17.5. The van der Waals surface area contributed by atoms with Crippen molar-refractivity contribution in [1.29, 1.82) is 0 Å². The van der Waals surface area contributed by atoms with Crippen LogP contribution in [0, 0.1) is 5.92 Å². The number of methoxy groups -OCH3 is 2. The standard InChI is InChI=1S/C20H28N4O4S/c1-13(17-18(25)22-20(29)24(19(17)26)10-11-27-4)21-12-16(23(2)3)14-6-8-15(28-5)9-7-14/h6-9,16-17H,10-12H2,1-5H3,(H,22,25,29)/t16-,17?/m1/s1. The maximum atomic E-state index is 12.8. The largest absolute Gasteiger partial charge is 0.497 e. The Kier molecular flexibility index (Phi) is 8.24. The van der Waals surface area contributed by atoms with Crippen molar-refractivity contribution in [3.63, 3.8) is 0 Å². The van der Waals surface area contributed by atoms with Gasteiger partial charge in [-0.1, -0.05) is 12.1 Å². The summed E-state index contributed by atoms with van der Waals surface area (Å²) in [5.41, 5.74) is 1.52. The van der Waals surface area contributed by atoms with Gasteiger partial charge in [0.25, 0.3) is 0 Å². The molecule has 9 heteroatoms. The number of ether oxygens (including phenoxy) is 2. The van der Waals surface area contributed by atoms with Gasteiger partial charge in [-0.2, -0.15) is 0 Å². The predicted molar refractivity (Wildman–Crippen MR) is 115 cm³/mol. The quantitative estimate of drug-likeness (QED) is 0.368. The molecule has 0 saturated carbocycles. The van der Waals surface area contributed by atoms with Gasteiger partial charge in [-0.15, -0.1) is 0 Å². The molecular weight excluding hydrogens is 392 g/mol. The zero-order valence-corrected chi connectivity index (χ0v) is 18.3. The summed E-state index contributed by atoms with van der Waals surface area (Å²) in [6, 6.07) is 7.75. The van der Waals surface area contributed by atoms with Crippen molar-refractivity contribution in [1.82, 2.24) is 15.1 Å². The summed E-state index contributed by atoms with van der Waals surface area (Å²) in [5.74, 6) is -1.02. The van der Waals surface area contributed by atoms with Crippen LogP contribution >= 0.6 is 12.2 Å². The number of amides is 2. The number of hydrogen-bond donors (Lipinski definition) is 1. The van der Waals surface area contributed by atoms with E-state index in [1.54, 1.807) is 21.1 Å². The van der Waals surface area contributed by atoms with E-state index in [0.717, 1.165) is 11.3 Å². The van der Waals surface area contributed by atoms with Crippen LogP contribution in [-0.4, -0.2) is 80.4 Å². The number of aliphatic imine (C=N–C) groups is 1. The minimum atomic E-state index is -0.989. The van der Waals surface area contributed by atoms with Crippen LogP contribution in [0.1, 0.15) is 18.5 Å². The number of thiocarbonyl (C=S) groups is 1. The molecule has 1 fully saturated rings. The van der Waals surface area contributed by atoms with Crippen molar-refractivity contribution in [2.75, 3.05) is 48.0 Å². The van der Waals surface area contributed by atoms with Crippen LogP contribution in [0.5, 0.6) is 5.75 Å². The molecule has 2 rings (SSSR count). The van der Waals surface area contributed by atoms with Crippen LogP contribution in [0.15, 0.2) is 29.3 Å². The summed E-state index contributed by atoms with van der Waals surface area (Å²) < 4.78 is 10.2. The van der Waals surface area contributed by atoms with Crippen molar-refractivity contribution < 1.29 is 19.1 Å². The van der Waals surface area contributed by atoms with E-state index >= 15 is 0 Å². The monoisotopic (exact) mass is 420 g/mol. The molecule has 29 heavy (non-hydrogen) atoms. The fraction of sp³-hybridized carbons (Fsp3) is 0.500. The second kappa shape index (κ2) is 10.4. The van der Waals surface area contributed by atoms with Gasteiger partial charge in [-0.3, -0.25) is 19.5 Å². The molecule has 1 aliphatic heterocycles. The second-order valence-corrected chi connectivity index (χ2v) is 7.33. The second-order valence-electron chi connectivity index (χ2n) is 6.94. The number of benzene rings is 1. The third kappa shape index (κ3) is 5.59. The Labute approximate surface area is 176 Å². The molecule has 1 unspecified atom stereocenters. The first-order chi connectivity index (χ1) is 13.8. The van der Waals surface area contributed by atoms with E-state index in [9.17, 15) is 9.59 Å². The Bertz CT molecular complexity index is 779. The fourth-order valence-electron chi connectivity index (χ4n) is 3.09. The molecule has 8 nitrogen and oxygen atoms in total. The van der Waals surface area contributed by atoms with Gasteiger partial charge in [0.2, 0.25) is 11.8 Å². The van der Waals surface area contributed by atoms with Crippen molar-refractivity contribution in [3.8, 4) is 5.75 Å². The molecule has 2 atom stereocenters. The summed E-state index contributed by atoms with van der Waals surface area (Å²) in [5, 5.41) is 2.69. The predicted octanol–water partition coefficient (Wildman–Crippen LogP) is 1.26. The first-order valence-corrected chi connectivity index (χ1v) is 9.67. The Hall–Kier alpha value is -2.36. The molecule has 1 aliphatic rings. The van der Waals surface area contributed by atoms with Crippen molar-refractivity contribution >= 4 is 34.9 Å². The Morgan fingerprint density at radius 2 is 1.93 bits per heavy atom. The Morgan fingerprint density at radius 3 is 2.48 bits per heavy atom. The van der Waals surface area contributed by atoms with Gasteiger partial charge in [-0.25, -0.2) is 0 Å². The number of carbonyl (C=O) groups excluding carboxylic acids is 2. The minimum absolute atomic E-state index is 0.0109. The zero-order chi connectivity index (χ0) is 21.6. The number of hydrogen-bond acceptors (Lipinski definition) is 7. The smallest absolute Gasteiger partial charge is 0.247 e. The number of rotatable bonds is 9. The third-order valence-corrected chi connectivity index (χ3v) is 5.15. The number of likely N-dealkylation sites (N-methyl/N-ethyl adjacent to an activating group) is 1. The molecule has 2 amide bonds. The molecule has 1 aromatic carbocycles. The average molecular weight is 421 g/mol. The van der Waals surface area contributed by atoms with Gasteiger partial charge in [-0.05, 0) is 50.9 Å². The average Bonchev–Trinajstić information content (AvgIpc) is 2.68. The lowest BCUT2D eigenvalue weighted by molar-refractivity contribution is -0.138. The summed E-state index contributed by atoms with van der Waals surface area (Å²) >= 11 is 5.12. The lowest BCUT2D eigenvalue weighted by Gasteiger charge is -2.32. The van der Waals surface area contributed by atoms with Crippen molar-refractivity contribution in [2.24, 2.45) is 10.9 Å². The Balaban J connectivity index is 2.18. The van der Waals surface area contributed by atoms with Crippen LogP contribution < -0.4 is 10.1 Å². The highest BCUT2D eigenvalue weighted by Crippen LogP contribution is 2.22. The Morgan fingerprint density at radius 1 is 1.28 bits per heavy atom. The van der Waals surface area contributed by atoms with Crippen LogP contribution in [0.3, 0.4) is 0 Å². The highest BCUT2D eigenvalue weighted by molar-refractivity contribution is 7.80. The molecule has 1 heterocycles.